The zero-order valence-electron chi connectivity index (χ0n) is 30.6. The van der Waals surface area contributed by atoms with Gasteiger partial charge in [-0.1, -0.05) is 5.76 Å². The van der Waals surface area contributed by atoms with Crippen molar-refractivity contribution in [2.45, 2.75) is 38.5 Å². The molecular formula is C40H41N4O6S4+. The standard InChI is InChI=1S/C23H24N2O3S2.C17H16N2O3S2/c26-21-19(15-7-9-17(29-15)24-11-3-1-4-12-24)22(27)23(28)20(21)16-8-10-18(30-16)25-13-5-2-6-14-25;1-18(2)11-7-5-9(23-11)13-15(20)14(17(22)16(13)21)10-6-8-12(24-10)19(3)4/h7-10H,1-6,11-14H2;5-8H,1-4H3/p+1. The second-order valence-electron chi connectivity index (χ2n) is 13.9. The van der Waals surface area contributed by atoms with E-state index in [4.69, 9.17) is 0 Å². The van der Waals surface area contributed by atoms with Crippen LogP contribution in [0.5, 0.6) is 0 Å². The Balaban J connectivity index is 0.000000171. The Morgan fingerprint density at radius 3 is 1.96 bits per heavy atom. The number of carbonyl (C=O) groups excluding carboxylic acids is 4. The number of anilines is 2. The van der Waals surface area contributed by atoms with Crippen LogP contribution in [0.3, 0.4) is 0 Å². The minimum Gasteiger partial charge on any atom is -0.871 e. The van der Waals surface area contributed by atoms with Gasteiger partial charge in [-0.25, -0.2) is 9.15 Å². The Kier molecular flexibility index (Phi) is 11.2. The molecule has 0 aromatic carbocycles. The van der Waals surface area contributed by atoms with Gasteiger partial charge in [0.05, 0.1) is 21.1 Å². The van der Waals surface area contributed by atoms with Crippen LogP contribution < -0.4 is 14.9 Å². The number of aliphatic hydroxyl groups is 1. The van der Waals surface area contributed by atoms with E-state index >= 15 is 0 Å². The fraction of sp³-hybridized carbons (Fsp3) is 0.350. The van der Waals surface area contributed by atoms with E-state index in [1.165, 1.54) is 84.7 Å². The highest BCUT2D eigenvalue weighted by atomic mass is 32.2. The van der Waals surface area contributed by atoms with Gasteiger partial charge in [-0.05, 0) is 85.6 Å². The van der Waals surface area contributed by atoms with Gasteiger partial charge in [0.25, 0.3) is 0 Å². The minimum atomic E-state index is -0.707. The number of ketones is 4. The van der Waals surface area contributed by atoms with Gasteiger partial charge in [0.2, 0.25) is 33.2 Å². The summed E-state index contributed by atoms with van der Waals surface area (Å²) in [5.74, 6) is -3.23. The predicted octanol–water partition coefficient (Wildman–Crippen LogP) is 5.58. The summed E-state index contributed by atoms with van der Waals surface area (Å²) >= 11 is 5.64. The third-order valence-corrected chi connectivity index (χ3v) is 14.7. The summed E-state index contributed by atoms with van der Waals surface area (Å²) in [6, 6.07) is 7.43. The lowest BCUT2D eigenvalue weighted by Crippen LogP contribution is -2.28. The molecule has 0 radical (unpaired) electrons. The van der Waals surface area contributed by atoms with Crippen molar-refractivity contribution in [3.05, 3.63) is 90.8 Å². The molecule has 0 spiro atoms. The number of aliphatic hydroxyl groups excluding tert-OH is 1. The van der Waals surface area contributed by atoms with Crippen LogP contribution in [0.25, 0.3) is 11.1 Å². The molecule has 1 N–H and O–H groups in total. The molecule has 6 heterocycles. The molecule has 54 heavy (non-hydrogen) atoms. The van der Waals surface area contributed by atoms with Crippen LogP contribution in [0.15, 0.2) is 81.0 Å². The first kappa shape index (κ1) is 38.1. The third-order valence-electron chi connectivity index (χ3n) is 9.82. The number of hydrogen-bond acceptors (Lipinski definition) is 12. The van der Waals surface area contributed by atoms with Crippen LogP contribution >= 0.6 is 46.2 Å². The summed E-state index contributed by atoms with van der Waals surface area (Å²) in [6.07, 6.45) is 14.6. The van der Waals surface area contributed by atoms with Gasteiger partial charge in [-0.15, -0.1) is 22.7 Å². The quantitative estimate of drug-likeness (QED) is 0.238. The molecule has 0 unspecified atom stereocenters. The summed E-state index contributed by atoms with van der Waals surface area (Å²) in [5.41, 5.74) is 0.313. The maximum absolute atomic E-state index is 12.8. The molecule has 0 amide bonds. The smallest absolute Gasteiger partial charge is 0.239 e. The second kappa shape index (κ2) is 15.9. The van der Waals surface area contributed by atoms with Gasteiger partial charge >= 0.3 is 0 Å². The van der Waals surface area contributed by atoms with E-state index in [1.54, 1.807) is 12.1 Å². The number of nitrogens with zero attached hydrogens (tertiary/aromatic N) is 4. The van der Waals surface area contributed by atoms with Crippen molar-refractivity contribution < 1.29 is 38.5 Å². The van der Waals surface area contributed by atoms with Gasteiger partial charge in [-0.3, -0.25) is 19.2 Å². The van der Waals surface area contributed by atoms with Crippen molar-refractivity contribution in [3.8, 4) is 0 Å². The Morgan fingerprint density at radius 2 is 1.30 bits per heavy atom. The molecule has 2 aromatic heterocycles. The molecule has 6 aliphatic rings. The minimum absolute atomic E-state index is 0.00657. The van der Waals surface area contributed by atoms with E-state index in [0.717, 1.165) is 46.3 Å². The van der Waals surface area contributed by atoms with Gasteiger partial charge in [0.15, 0.2) is 0 Å². The van der Waals surface area contributed by atoms with Gasteiger partial charge in [-0.2, -0.15) is 0 Å². The molecule has 10 nitrogen and oxygen atoms in total. The highest BCUT2D eigenvalue weighted by Crippen LogP contribution is 2.43. The Hall–Kier alpha value is -4.24. The molecule has 2 fully saturated rings. The number of rotatable bonds is 4. The van der Waals surface area contributed by atoms with Crippen LogP contribution in [0.4, 0.5) is 10.0 Å². The van der Waals surface area contributed by atoms with Crippen molar-refractivity contribution >= 4 is 101 Å². The molecule has 0 saturated carbocycles. The predicted molar refractivity (Wildman–Crippen MR) is 219 cm³/mol. The van der Waals surface area contributed by atoms with Crippen molar-refractivity contribution in [1.82, 2.24) is 0 Å². The summed E-state index contributed by atoms with van der Waals surface area (Å²) in [4.78, 5) is 57.0. The number of Topliss-reactive ketones (excluding diaryl/α,β-unsaturated/α-hetero) is 4. The summed E-state index contributed by atoms with van der Waals surface area (Å²) in [7, 11) is 7.54. The fourth-order valence-corrected chi connectivity index (χ4v) is 11.1. The third kappa shape index (κ3) is 7.28. The first-order valence-corrected chi connectivity index (χ1v) is 21.2. The van der Waals surface area contributed by atoms with Crippen LogP contribution in [-0.2, 0) is 19.2 Å². The summed E-state index contributed by atoms with van der Waals surface area (Å²) in [5, 5.41) is 27.7. The lowest BCUT2D eigenvalue weighted by Gasteiger charge is -2.27. The average Bonchev–Trinajstić information content (AvgIpc) is 4.03. The molecule has 2 aliphatic carbocycles. The zero-order chi connectivity index (χ0) is 38.3. The molecule has 2 saturated heterocycles. The molecule has 14 heteroatoms. The van der Waals surface area contributed by atoms with Crippen molar-refractivity contribution in [3.63, 3.8) is 0 Å². The number of thiophene rings is 2. The van der Waals surface area contributed by atoms with Crippen LogP contribution in [0, 0.1) is 0 Å². The Labute approximate surface area is 330 Å². The summed E-state index contributed by atoms with van der Waals surface area (Å²) < 4.78 is 4.22. The van der Waals surface area contributed by atoms with E-state index in [0.29, 0.717) is 19.6 Å². The number of piperidine rings is 2. The molecular weight excluding hydrogens is 761 g/mol. The monoisotopic (exact) mass is 801 g/mol. The normalized spacial score (nSPS) is 23.2. The number of allylic oxidation sites excluding steroid dienone is 6. The second-order valence-corrected chi connectivity index (χ2v) is 18.2. The fourth-order valence-electron chi connectivity index (χ4n) is 6.93. The van der Waals surface area contributed by atoms with Crippen molar-refractivity contribution in [1.29, 1.82) is 0 Å². The molecule has 280 valence electrons. The highest BCUT2D eigenvalue weighted by molar-refractivity contribution is 8.18. The largest absolute Gasteiger partial charge is 0.871 e. The summed E-state index contributed by atoms with van der Waals surface area (Å²) in [6.45, 7) is 4.07. The van der Waals surface area contributed by atoms with E-state index < -0.39 is 28.9 Å². The van der Waals surface area contributed by atoms with E-state index in [2.05, 4.69) is 9.48 Å². The van der Waals surface area contributed by atoms with Crippen molar-refractivity contribution in [2.24, 2.45) is 0 Å². The van der Waals surface area contributed by atoms with E-state index in [1.807, 2.05) is 74.1 Å². The van der Waals surface area contributed by atoms with Gasteiger partial charge < -0.3 is 20.0 Å². The van der Waals surface area contributed by atoms with Gasteiger partial charge in [0, 0.05) is 82.9 Å². The average molecular weight is 802 g/mol. The van der Waals surface area contributed by atoms with Gasteiger partial charge in [0.1, 0.15) is 32.9 Å². The zero-order valence-corrected chi connectivity index (χ0v) is 33.9. The number of carbonyl (C=O) groups is 4. The highest BCUT2D eigenvalue weighted by Gasteiger charge is 2.41. The first-order valence-electron chi connectivity index (χ1n) is 18.0. The SMILES string of the molecule is CN(C)c1ccc(C2=C([O-])/C(=C3\C=CC(=[N+](C)C)S3)C(=O)C2=O)s1.O=C1C(=O)/C(=C2/C=CC(=[N+]3CCCCC3)S2)C(O)=C1c1ccc(N2CCCCC2)s1. The molecule has 0 atom stereocenters. The Bertz CT molecular complexity index is 2220. The topological polar surface area (TPSA) is 124 Å². The lowest BCUT2D eigenvalue weighted by atomic mass is 10.1. The number of hydrogen-bond donors (Lipinski definition) is 1. The van der Waals surface area contributed by atoms with Crippen LogP contribution in [0.2, 0.25) is 0 Å². The molecule has 2 aromatic rings. The molecule has 4 aliphatic heterocycles. The molecule has 0 bridgehead atoms. The van der Waals surface area contributed by atoms with Crippen LogP contribution in [-0.4, -0.2) is 102 Å². The Morgan fingerprint density at radius 1 is 0.704 bits per heavy atom. The van der Waals surface area contributed by atoms with Crippen LogP contribution in [0.1, 0.15) is 48.3 Å². The number of thioether (sulfide) groups is 2. The van der Waals surface area contributed by atoms with Crippen molar-refractivity contribution in [2.75, 3.05) is 64.2 Å². The lowest BCUT2D eigenvalue weighted by molar-refractivity contribution is -0.534. The van der Waals surface area contributed by atoms with E-state index in [9.17, 15) is 29.4 Å². The maximum atomic E-state index is 12.8. The molecule has 8 rings (SSSR count). The first-order chi connectivity index (χ1) is 25.9. The maximum Gasteiger partial charge on any atom is 0.239 e. The van der Waals surface area contributed by atoms with E-state index in [-0.39, 0.29) is 28.1 Å².